The van der Waals surface area contributed by atoms with Crippen molar-refractivity contribution in [1.82, 2.24) is 15.0 Å². The fourth-order valence-electron chi connectivity index (χ4n) is 3.53. The Bertz CT molecular complexity index is 1020. The Morgan fingerprint density at radius 3 is 2.28 bits per heavy atom. The van der Waals surface area contributed by atoms with Crippen LogP contribution < -0.4 is 10.2 Å². The first-order valence-electron chi connectivity index (χ1n) is 10.4. The van der Waals surface area contributed by atoms with E-state index in [1.807, 2.05) is 32.9 Å². The Hall–Kier alpha value is -2.89. The number of hydrogen-bond donors (Lipinski definition) is 1. The summed E-state index contributed by atoms with van der Waals surface area (Å²) in [6.07, 6.45) is 0.502. The topological polar surface area (TPSA) is 63.1 Å². The number of carbonyl (C=O) groups excluding carboxylic acids is 1. The van der Waals surface area contributed by atoms with Gasteiger partial charge in [0.15, 0.2) is 0 Å². The molecule has 0 aliphatic rings. The highest BCUT2D eigenvalue weighted by Crippen LogP contribution is 2.25. The molecule has 1 amide bonds. The third-order valence-electron chi connectivity index (χ3n) is 5.12. The molecule has 3 aromatic rings. The van der Waals surface area contributed by atoms with E-state index in [4.69, 9.17) is 0 Å². The smallest absolute Gasteiger partial charge is 0.224 e. The van der Waals surface area contributed by atoms with Gasteiger partial charge in [-0.25, -0.2) is 0 Å². The van der Waals surface area contributed by atoms with Gasteiger partial charge in [-0.1, -0.05) is 13.8 Å². The first-order valence-corrected chi connectivity index (χ1v) is 10.4. The minimum atomic E-state index is 0.0256. The van der Waals surface area contributed by atoms with Gasteiger partial charge in [0, 0.05) is 30.9 Å². The monoisotopic (exact) mass is 393 g/mol. The molecule has 0 unspecified atom stereocenters. The number of fused-ring (bicyclic) bond motifs is 1. The molecule has 0 aliphatic heterocycles. The minimum absolute atomic E-state index is 0.0256. The van der Waals surface area contributed by atoms with Gasteiger partial charge in [0.05, 0.1) is 5.69 Å². The molecule has 0 fully saturated rings. The molecule has 1 N–H and O–H groups in total. The highest BCUT2D eigenvalue weighted by Gasteiger charge is 2.13. The van der Waals surface area contributed by atoms with Gasteiger partial charge < -0.3 is 10.2 Å². The molecule has 154 valence electrons. The Labute approximate surface area is 172 Å². The van der Waals surface area contributed by atoms with Crippen molar-refractivity contribution in [3.05, 3.63) is 41.5 Å². The van der Waals surface area contributed by atoms with Crippen LogP contribution >= 0.6 is 0 Å². The Kier molecular flexibility index (Phi) is 6.20. The van der Waals surface area contributed by atoms with Gasteiger partial charge in [-0.15, -0.1) is 10.2 Å². The lowest BCUT2D eigenvalue weighted by molar-refractivity contribution is -0.116. The van der Waals surface area contributed by atoms with Crippen molar-refractivity contribution in [3.63, 3.8) is 0 Å². The van der Waals surface area contributed by atoms with E-state index in [0.29, 0.717) is 12.3 Å². The molecule has 0 bridgehead atoms. The molecular formula is C23H31N5O. The summed E-state index contributed by atoms with van der Waals surface area (Å²) in [5.41, 5.74) is 6.65. The first kappa shape index (κ1) is 20.8. The van der Waals surface area contributed by atoms with Crippen LogP contribution in [0, 0.1) is 19.8 Å². The fourth-order valence-corrected chi connectivity index (χ4v) is 3.53. The maximum atomic E-state index is 12.2. The Morgan fingerprint density at radius 1 is 1.03 bits per heavy atom. The second-order valence-electron chi connectivity index (χ2n) is 7.93. The van der Waals surface area contributed by atoms with Crippen LogP contribution in [0.3, 0.4) is 0 Å². The highest BCUT2D eigenvalue weighted by atomic mass is 16.1. The summed E-state index contributed by atoms with van der Waals surface area (Å²) < 4.78 is 0. The number of anilines is 2. The van der Waals surface area contributed by atoms with E-state index in [1.54, 1.807) is 4.80 Å². The van der Waals surface area contributed by atoms with E-state index >= 15 is 0 Å². The molecule has 3 rings (SSSR count). The first-order chi connectivity index (χ1) is 13.8. The molecule has 6 heteroatoms. The van der Waals surface area contributed by atoms with E-state index in [9.17, 15) is 4.79 Å². The minimum Gasteiger partial charge on any atom is -0.372 e. The van der Waals surface area contributed by atoms with Crippen LogP contribution in [0.2, 0.25) is 0 Å². The van der Waals surface area contributed by atoms with Crippen molar-refractivity contribution >= 4 is 28.3 Å². The molecule has 6 nitrogen and oxygen atoms in total. The summed E-state index contributed by atoms with van der Waals surface area (Å²) in [5.74, 6) is 0.347. The number of rotatable bonds is 7. The molecule has 0 aliphatic carbocycles. The van der Waals surface area contributed by atoms with Gasteiger partial charge in [0.1, 0.15) is 11.0 Å². The largest absolute Gasteiger partial charge is 0.372 e. The molecule has 0 atom stereocenters. The molecular weight excluding hydrogens is 362 g/mol. The lowest BCUT2D eigenvalue weighted by Gasteiger charge is -2.22. The average Bonchev–Trinajstić information content (AvgIpc) is 3.04. The van der Waals surface area contributed by atoms with Crippen LogP contribution in [-0.2, 0) is 4.79 Å². The van der Waals surface area contributed by atoms with Gasteiger partial charge in [-0.3, -0.25) is 4.79 Å². The van der Waals surface area contributed by atoms with Crippen molar-refractivity contribution < 1.29 is 4.79 Å². The van der Waals surface area contributed by atoms with E-state index in [0.717, 1.165) is 46.6 Å². The van der Waals surface area contributed by atoms with Crippen LogP contribution in [0.5, 0.6) is 0 Å². The molecule has 1 aromatic heterocycles. The summed E-state index contributed by atoms with van der Waals surface area (Å²) in [6.45, 7) is 14.4. The summed E-state index contributed by atoms with van der Waals surface area (Å²) in [7, 11) is 0. The Balaban J connectivity index is 1.93. The molecule has 0 radical (unpaired) electrons. The average molecular weight is 394 g/mol. The highest BCUT2D eigenvalue weighted by molar-refractivity contribution is 5.94. The molecule has 0 spiro atoms. The van der Waals surface area contributed by atoms with Crippen molar-refractivity contribution in [3.8, 4) is 5.69 Å². The second-order valence-corrected chi connectivity index (χ2v) is 7.93. The number of amides is 1. The van der Waals surface area contributed by atoms with Crippen LogP contribution in [0.1, 0.15) is 45.2 Å². The molecule has 0 saturated carbocycles. The quantitative estimate of drug-likeness (QED) is 0.622. The number of hydrogen-bond acceptors (Lipinski definition) is 4. The predicted octanol–water partition coefficient (Wildman–Crippen LogP) is 4.87. The zero-order valence-corrected chi connectivity index (χ0v) is 18.3. The van der Waals surface area contributed by atoms with Gasteiger partial charge in [0.25, 0.3) is 0 Å². The van der Waals surface area contributed by atoms with E-state index in [1.165, 1.54) is 5.69 Å². The summed E-state index contributed by atoms with van der Waals surface area (Å²) in [5, 5.41) is 12.3. The van der Waals surface area contributed by atoms with E-state index in [2.05, 4.69) is 59.4 Å². The van der Waals surface area contributed by atoms with Gasteiger partial charge >= 0.3 is 0 Å². The third kappa shape index (κ3) is 4.58. The van der Waals surface area contributed by atoms with Crippen LogP contribution in [-0.4, -0.2) is 34.0 Å². The normalized spacial score (nSPS) is 11.3. The number of aromatic nitrogens is 3. The Morgan fingerprint density at radius 2 is 1.69 bits per heavy atom. The van der Waals surface area contributed by atoms with Crippen LogP contribution in [0.15, 0.2) is 30.3 Å². The fraction of sp³-hybridized carbons (Fsp3) is 0.435. The second kappa shape index (κ2) is 8.64. The van der Waals surface area contributed by atoms with E-state index in [-0.39, 0.29) is 5.91 Å². The van der Waals surface area contributed by atoms with Gasteiger partial charge in [-0.05, 0) is 75.1 Å². The summed E-state index contributed by atoms with van der Waals surface area (Å²) in [4.78, 5) is 16.2. The molecule has 2 aromatic carbocycles. The summed E-state index contributed by atoms with van der Waals surface area (Å²) >= 11 is 0. The number of carbonyl (C=O) groups is 1. The van der Waals surface area contributed by atoms with E-state index < -0.39 is 0 Å². The standard InChI is InChI=1S/C23H31N5O/c1-7-27(8-2)18-9-10-22(17(6)12-18)28-25-20-13-16(5)19(14-21(20)26-28)24-23(29)11-15(3)4/h9-10,12-15H,7-8,11H2,1-6H3,(H,24,29). The lowest BCUT2D eigenvalue weighted by atomic mass is 10.1. The molecule has 29 heavy (non-hydrogen) atoms. The van der Waals surface area contributed by atoms with Gasteiger partial charge in [-0.2, -0.15) is 4.80 Å². The number of aryl methyl sites for hydroxylation is 2. The van der Waals surface area contributed by atoms with Crippen LogP contribution in [0.4, 0.5) is 11.4 Å². The maximum absolute atomic E-state index is 12.2. The van der Waals surface area contributed by atoms with Crippen molar-refractivity contribution in [2.75, 3.05) is 23.3 Å². The lowest BCUT2D eigenvalue weighted by Crippen LogP contribution is -2.21. The number of nitrogens with one attached hydrogen (secondary N) is 1. The van der Waals surface area contributed by atoms with Gasteiger partial charge in [0.2, 0.25) is 5.91 Å². The zero-order chi connectivity index (χ0) is 21.1. The van der Waals surface area contributed by atoms with Crippen molar-refractivity contribution in [2.24, 2.45) is 5.92 Å². The molecule has 0 saturated heterocycles. The molecule has 1 heterocycles. The van der Waals surface area contributed by atoms with Crippen molar-refractivity contribution in [1.29, 1.82) is 0 Å². The SMILES string of the molecule is CCN(CC)c1ccc(-n2nc3cc(C)c(NC(=O)CC(C)C)cc3n2)c(C)c1. The van der Waals surface area contributed by atoms with Crippen molar-refractivity contribution in [2.45, 2.75) is 48.0 Å². The number of benzene rings is 2. The maximum Gasteiger partial charge on any atom is 0.224 e. The number of nitrogens with zero attached hydrogens (tertiary/aromatic N) is 4. The van der Waals surface area contributed by atoms with Crippen LogP contribution in [0.25, 0.3) is 16.7 Å². The summed E-state index contributed by atoms with van der Waals surface area (Å²) in [6, 6.07) is 10.3. The predicted molar refractivity (Wildman–Crippen MR) is 120 cm³/mol. The zero-order valence-electron chi connectivity index (χ0n) is 18.3. The third-order valence-corrected chi connectivity index (χ3v) is 5.12.